The van der Waals surface area contributed by atoms with Crippen LogP contribution in [-0.4, -0.2) is 43.6 Å². The van der Waals surface area contributed by atoms with Crippen molar-refractivity contribution in [2.75, 3.05) is 6.61 Å². The zero-order chi connectivity index (χ0) is 23.1. The van der Waals surface area contributed by atoms with Gasteiger partial charge < -0.3 is 9.84 Å². The predicted molar refractivity (Wildman–Crippen MR) is 121 cm³/mol. The minimum Gasteiger partial charge on any atom is -0.464 e. The van der Waals surface area contributed by atoms with E-state index in [0.29, 0.717) is 23.4 Å². The van der Waals surface area contributed by atoms with Gasteiger partial charge in [-0.05, 0) is 59.9 Å². The van der Waals surface area contributed by atoms with Crippen molar-refractivity contribution in [3.8, 4) is 0 Å². The minimum absolute atomic E-state index is 0.0496. The lowest BCUT2D eigenvalue weighted by Crippen LogP contribution is -2.52. The Balaban J connectivity index is 2.10. The van der Waals surface area contributed by atoms with Gasteiger partial charge in [-0.15, -0.1) is 11.3 Å². The lowest BCUT2D eigenvalue weighted by molar-refractivity contribution is 0.0626. The third kappa shape index (κ3) is 4.56. The number of nitrogens with one attached hydrogen (secondary N) is 1. The van der Waals surface area contributed by atoms with E-state index < -0.39 is 11.6 Å². The molecule has 0 spiro atoms. The monoisotopic (exact) mass is 452 g/mol. The smallest absolute Gasteiger partial charge is 0.422 e. The van der Waals surface area contributed by atoms with Gasteiger partial charge in [0.15, 0.2) is 0 Å². The normalized spacial score (nSPS) is 17.1. The van der Waals surface area contributed by atoms with Crippen LogP contribution in [0, 0.1) is 6.92 Å². The van der Waals surface area contributed by atoms with Gasteiger partial charge in [0.2, 0.25) is 0 Å². The van der Waals surface area contributed by atoms with E-state index in [1.165, 1.54) is 15.9 Å². The maximum atomic E-state index is 13.2. The van der Waals surface area contributed by atoms with Gasteiger partial charge in [0.1, 0.15) is 4.83 Å². The molecule has 0 aliphatic carbocycles. The lowest BCUT2D eigenvalue weighted by atomic mass is 10.1. The van der Waals surface area contributed by atoms with Crippen molar-refractivity contribution in [3.05, 3.63) is 31.3 Å². The number of aryl methyl sites for hydroxylation is 1. The largest absolute Gasteiger partial charge is 0.464 e. The van der Waals surface area contributed by atoms with Crippen LogP contribution in [0.1, 0.15) is 63.9 Å². The molecule has 0 bridgehead atoms. The first-order valence-corrected chi connectivity index (χ1v) is 11.4. The summed E-state index contributed by atoms with van der Waals surface area (Å²) in [5.41, 5.74) is 2.47. The number of ether oxygens (including phenoxy) is 1. The van der Waals surface area contributed by atoms with E-state index in [-0.39, 0.29) is 29.9 Å². The highest BCUT2D eigenvalue weighted by molar-refractivity contribution is 7.18. The summed E-state index contributed by atoms with van der Waals surface area (Å²) in [6, 6.07) is -0.274. The van der Waals surface area contributed by atoms with E-state index in [4.69, 9.17) is 4.74 Å². The molecule has 1 atom stereocenters. The molecule has 0 aromatic carbocycles. The Morgan fingerprint density at radius 3 is 2.55 bits per heavy atom. The Morgan fingerprint density at radius 1 is 1.35 bits per heavy atom. The van der Waals surface area contributed by atoms with Crippen LogP contribution >= 0.6 is 11.3 Å². The summed E-state index contributed by atoms with van der Waals surface area (Å²) in [6.07, 6.45) is 0.713. The van der Waals surface area contributed by atoms with Crippen molar-refractivity contribution >= 4 is 27.6 Å². The third-order valence-electron chi connectivity index (χ3n) is 5.53. The molecular weight excluding hydrogens is 420 g/mol. The fourth-order valence-electron chi connectivity index (χ4n) is 3.93. The van der Waals surface area contributed by atoms with Crippen LogP contribution in [0.25, 0.3) is 10.2 Å². The Bertz CT molecular complexity index is 1090. The standard InChI is InChI=1S/C21H32N4O5S/c1-12(2)24-17(26)16-13(3)15(10-22-25(20(28)29)21(4,5)6)31-18(16)23(19(24)27)11-14-8-7-9-30-14/h12,14,22H,7-11H2,1-6H3,(H,28,29). The van der Waals surface area contributed by atoms with Gasteiger partial charge in [0.05, 0.1) is 30.1 Å². The summed E-state index contributed by atoms with van der Waals surface area (Å²) in [6.45, 7) is 12.2. The Kier molecular flexibility index (Phi) is 6.64. The molecule has 2 aromatic heterocycles. The Labute approximate surface area is 185 Å². The van der Waals surface area contributed by atoms with E-state index >= 15 is 0 Å². The predicted octanol–water partition coefficient (Wildman–Crippen LogP) is 3.08. The molecule has 9 nitrogen and oxygen atoms in total. The zero-order valence-electron chi connectivity index (χ0n) is 19.0. The highest BCUT2D eigenvalue weighted by Gasteiger charge is 2.28. The maximum Gasteiger partial charge on any atom is 0.422 e. The fourth-order valence-corrected chi connectivity index (χ4v) is 5.16. The molecule has 1 fully saturated rings. The molecule has 0 saturated carbocycles. The zero-order valence-corrected chi connectivity index (χ0v) is 19.8. The molecule has 1 aliphatic rings. The highest BCUT2D eigenvalue weighted by atomic mass is 32.1. The van der Waals surface area contributed by atoms with Crippen LogP contribution < -0.4 is 16.7 Å². The van der Waals surface area contributed by atoms with Gasteiger partial charge in [-0.25, -0.2) is 20.0 Å². The van der Waals surface area contributed by atoms with Crippen LogP contribution in [0.15, 0.2) is 9.59 Å². The van der Waals surface area contributed by atoms with Crippen LogP contribution in [0.2, 0.25) is 0 Å². The van der Waals surface area contributed by atoms with Crippen LogP contribution in [-0.2, 0) is 17.8 Å². The van der Waals surface area contributed by atoms with Crippen LogP contribution in [0.4, 0.5) is 4.79 Å². The number of hydrogen-bond donors (Lipinski definition) is 2. The van der Waals surface area contributed by atoms with Gasteiger partial charge in [-0.2, -0.15) is 0 Å². The fraction of sp³-hybridized carbons (Fsp3) is 0.667. The number of hydrazine groups is 1. The molecule has 10 heteroatoms. The number of hydrogen-bond acceptors (Lipinski definition) is 6. The molecule has 3 rings (SSSR count). The Morgan fingerprint density at radius 2 is 2.03 bits per heavy atom. The molecular formula is C21H32N4O5S. The first kappa shape index (κ1) is 23.5. The van der Waals surface area contributed by atoms with Gasteiger partial charge in [0.25, 0.3) is 5.56 Å². The van der Waals surface area contributed by atoms with Crippen LogP contribution in [0.3, 0.4) is 0 Å². The second-order valence-electron chi connectivity index (χ2n) is 9.25. The Hall–Kier alpha value is -2.17. The molecule has 2 aromatic rings. The second-order valence-corrected chi connectivity index (χ2v) is 10.3. The van der Waals surface area contributed by atoms with E-state index in [2.05, 4.69) is 5.43 Å². The third-order valence-corrected chi connectivity index (χ3v) is 6.84. The quantitative estimate of drug-likeness (QED) is 0.653. The SMILES string of the molecule is Cc1c(CNN(C(=O)O)C(C)(C)C)sc2c1c(=O)n(C(C)C)c(=O)n2CC1CCCO1. The van der Waals surface area contributed by atoms with Gasteiger partial charge in [0, 0.05) is 17.5 Å². The number of aromatic nitrogens is 2. The number of fused-ring (bicyclic) bond motifs is 1. The lowest BCUT2D eigenvalue weighted by Gasteiger charge is -2.33. The van der Waals surface area contributed by atoms with E-state index in [1.807, 2.05) is 20.8 Å². The topological polar surface area (TPSA) is 106 Å². The molecule has 1 saturated heterocycles. The maximum absolute atomic E-state index is 13.2. The summed E-state index contributed by atoms with van der Waals surface area (Å²) in [5, 5.41) is 11.2. The molecule has 1 unspecified atom stereocenters. The summed E-state index contributed by atoms with van der Waals surface area (Å²) >= 11 is 1.36. The molecule has 1 amide bonds. The summed E-state index contributed by atoms with van der Waals surface area (Å²) < 4.78 is 8.70. The first-order valence-electron chi connectivity index (χ1n) is 10.6. The number of amides is 1. The molecule has 0 radical (unpaired) electrons. The van der Waals surface area contributed by atoms with Gasteiger partial charge in [-0.1, -0.05) is 0 Å². The average Bonchev–Trinajstić information content (AvgIpc) is 3.25. The number of carbonyl (C=O) groups is 1. The first-order chi connectivity index (χ1) is 14.4. The summed E-state index contributed by atoms with van der Waals surface area (Å²) in [5.74, 6) is 0. The van der Waals surface area contributed by atoms with E-state index in [1.54, 1.807) is 25.3 Å². The molecule has 3 heterocycles. The van der Waals surface area contributed by atoms with Gasteiger partial charge >= 0.3 is 11.8 Å². The van der Waals surface area contributed by atoms with Crippen molar-refractivity contribution < 1.29 is 14.6 Å². The molecule has 2 N–H and O–H groups in total. The number of rotatable bonds is 6. The van der Waals surface area contributed by atoms with Crippen molar-refractivity contribution in [2.45, 2.75) is 85.2 Å². The van der Waals surface area contributed by atoms with Crippen LogP contribution in [0.5, 0.6) is 0 Å². The van der Waals surface area contributed by atoms with Crippen molar-refractivity contribution in [2.24, 2.45) is 0 Å². The molecule has 1 aliphatic heterocycles. The van der Waals surface area contributed by atoms with E-state index in [0.717, 1.165) is 28.3 Å². The highest BCUT2D eigenvalue weighted by Crippen LogP contribution is 2.29. The minimum atomic E-state index is -1.08. The van der Waals surface area contributed by atoms with Crippen molar-refractivity contribution in [3.63, 3.8) is 0 Å². The van der Waals surface area contributed by atoms with Gasteiger partial charge in [-0.3, -0.25) is 13.9 Å². The van der Waals surface area contributed by atoms with Crippen molar-refractivity contribution in [1.29, 1.82) is 0 Å². The van der Waals surface area contributed by atoms with E-state index in [9.17, 15) is 19.5 Å². The summed E-state index contributed by atoms with van der Waals surface area (Å²) in [7, 11) is 0. The summed E-state index contributed by atoms with van der Waals surface area (Å²) in [4.78, 5) is 39.5. The van der Waals surface area contributed by atoms with Crippen molar-refractivity contribution in [1.82, 2.24) is 19.6 Å². The average molecular weight is 453 g/mol. The number of thiophene rings is 1. The number of nitrogens with zero attached hydrogens (tertiary/aromatic N) is 3. The number of carboxylic acid groups (broad SMARTS) is 1. The molecule has 172 valence electrons. The molecule has 31 heavy (non-hydrogen) atoms. The second kappa shape index (κ2) is 8.76.